The largest absolute Gasteiger partial charge is 0.383 e. The lowest BCUT2D eigenvalue weighted by molar-refractivity contribution is 0.0938. The van der Waals surface area contributed by atoms with Crippen molar-refractivity contribution < 1.29 is 18.7 Å². The highest BCUT2D eigenvalue weighted by molar-refractivity contribution is 7.05. The summed E-state index contributed by atoms with van der Waals surface area (Å²) < 4.78 is 23.8. The van der Waals surface area contributed by atoms with E-state index >= 15 is 0 Å². The Morgan fingerprint density at radius 2 is 2.08 bits per heavy atom. The van der Waals surface area contributed by atoms with Crippen LogP contribution in [0.4, 0.5) is 14.9 Å². The number of carbonyl (C=O) groups is 2. The van der Waals surface area contributed by atoms with Gasteiger partial charge < -0.3 is 20.3 Å². The first-order valence-electron chi connectivity index (χ1n) is 12.4. The summed E-state index contributed by atoms with van der Waals surface area (Å²) in [6, 6.07) is 10.5. The Hall–Kier alpha value is -3.37. The van der Waals surface area contributed by atoms with E-state index in [0.29, 0.717) is 55.4 Å². The van der Waals surface area contributed by atoms with E-state index in [1.165, 1.54) is 17.9 Å². The molecule has 2 aliphatic rings. The minimum atomic E-state index is -0.650. The fourth-order valence-electron chi connectivity index (χ4n) is 4.88. The molecule has 10 heteroatoms. The van der Waals surface area contributed by atoms with Crippen LogP contribution in [-0.2, 0) is 10.2 Å². The maximum Gasteiger partial charge on any atom is 0.321 e. The van der Waals surface area contributed by atoms with E-state index in [2.05, 4.69) is 20.0 Å². The molecule has 8 nitrogen and oxygen atoms in total. The fraction of sp³-hybridized carbons (Fsp3) is 0.407. The number of nitrogens with one attached hydrogen (secondary N) is 2. The first kappa shape index (κ1) is 25.3. The van der Waals surface area contributed by atoms with Crippen molar-refractivity contribution in [2.45, 2.75) is 37.5 Å². The van der Waals surface area contributed by atoms with Gasteiger partial charge in [-0.25, -0.2) is 14.2 Å². The first-order valence-corrected chi connectivity index (χ1v) is 13.2. The minimum Gasteiger partial charge on any atom is -0.383 e. The Labute approximate surface area is 219 Å². The number of likely N-dealkylation sites (tertiary alicyclic amines) is 1. The number of halogens is 1. The van der Waals surface area contributed by atoms with Gasteiger partial charge in [0, 0.05) is 26.7 Å². The topological polar surface area (TPSA) is 96.5 Å². The number of hydrogen-bond donors (Lipinski definition) is 2. The second-order valence-corrected chi connectivity index (χ2v) is 10.5. The molecule has 1 aromatic heterocycles. The zero-order chi connectivity index (χ0) is 26.0. The van der Waals surface area contributed by atoms with E-state index < -0.39 is 5.41 Å². The number of amides is 3. The minimum absolute atomic E-state index is 0.269. The SMILES string of the molecule is COCCNC(=O)c1ccc(C2CC2)cc1NC(=O)N1CC[C@@](c2ccc(C)c(F)c2)(c2ncns2)C1. The van der Waals surface area contributed by atoms with Crippen LogP contribution in [0, 0.1) is 12.7 Å². The van der Waals surface area contributed by atoms with Gasteiger partial charge in [-0.05, 0) is 78.5 Å². The molecule has 2 aromatic carbocycles. The van der Waals surface area contributed by atoms with E-state index in [-0.39, 0.29) is 17.8 Å². The van der Waals surface area contributed by atoms with Crippen LogP contribution in [0.15, 0.2) is 42.7 Å². The molecule has 1 saturated carbocycles. The van der Waals surface area contributed by atoms with Crippen LogP contribution in [0.25, 0.3) is 0 Å². The molecule has 194 valence electrons. The van der Waals surface area contributed by atoms with E-state index in [1.807, 2.05) is 18.2 Å². The molecule has 5 rings (SSSR count). The summed E-state index contributed by atoms with van der Waals surface area (Å²) in [4.78, 5) is 32.5. The summed E-state index contributed by atoms with van der Waals surface area (Å²) in [5, 5.41) is 6.57. The predicted octanol–water partition coefficient (Wildman–Crippen LogP) is 4.46. The second-order valence-electron chi connectivity index (χ2n) is 9.72. The van der Waals surface area contributed by atoms with Crippen molar-refractivity contribution in [1.82, 2.24) is 19.6 Å². The molecule has 1 atom stereocenters. The van der Waals surface area contributed by atoms with Crippen LogP contribution in [0.1, 0.15) is 57.2 Å². The number of carbonyl (C=O) groups excluding carboxylic acids is 2. The number of benzene rings is 2. The van der Waals surface area contributed by atoms with Crippen molar-refractivity contribution in [3.8, 4) is 0 Å². The Morgan fingerprint density at radius 3 is 2.78 bits per heavy atom. The van der Waals surface area contributed by atoms with Gasteiger partial charge in [-0.3, -0.25) is 4.79 Å². The molecule has 1 aliphatic carbocycles. The average molecular weight is 524 g/mol. The van der Waals surface area contributed by atoms with E-state index in [4.69, 9.17) is 4.74 Å². The molecule has 1 saturated heterocycles. The van der Waals surface area contributed by atoms with Gasteiger partial charge in [-0.15, -0.1) is 0 Å². The standard InChI is InChI=1S/C27H30FN5O3S/c1-17-3-7-20(14-22(17)28)27(25-30-16-31-37-25)9-11-33(15-27)26(35)32-23-13-19(18-4-5-18)6-8-21(23)24(34)29-10-12-36-2/h3,6-8,13-14,16,18H,4-5,9-12,15H2,1-2H3,(H,29,34)(H,32,35)/t27-/m1/s1. The number of methoxy groups -OCH3 is 1. The van der Waals surface area contributed by atoms with Crippen molar-refractivity contribution in [2.75, 3.05) is 38.7 Å². The normalized spacial score (nSPS) is 19.2. The number of urea groups is 1. The van der Waals surface area contributed by atoms with Crippen molar-refractivity contribution in [3.05, 3.63) is 75.8 Å². The number of aryl methyl sites for hydroxylation is 1. The third-order valence-electron chi connectivity index (χ3n) is 7.22. The lowest BCUT2D eigenvalue weighted by Crippen LogP contribution is -2.38. The molecular weight excluding hydrogens is 493 g/mol. The van der Waals surface area contributed by atoms with Gasteiger partial charge in [0.1, 0.15) is 17.2 Å². The molecule has 0 radical (unpaired) electrons. The number of ether oxygens (including phenoxy) is 1. The van der Waals surface area contributed by atoms with Crippen LogP contribution in [0.5, 0.6) is 0 Å². The molecule has 2 fully saturated rings. The van der Waals surface area contributed by atoms with Gasteiger partial charge >= 0.3 is 6.03 Å². The summed E-state index contributed by atoms with van der Waals surface area (Å²) in [5.41, 5.74) is 2.70. The molecule has 2 heterocycles. The first-order chi connectivity index (χ1) is 17.9. The summed E-state index contributed by atoms with van der Waals surface area (Å²) in [7, 11) is 1.57. The van der Waals surface area contributed by atoms with Crippen LogP contribution >= 0.6 is 11.5 Å². The van der Waals surface area contributed by atoms with Crippen molar-refractivity contribution in [3.63, 3.8) is 0 Å². The highest BCUT2D eigenvalue weighted by Gasteiger charge is 2.45. The summed E-state index contributed by atoms with van der Waals surface area (Å²) in [5.74, 6) is -0.0886. The number of hydrogen-bond acceptors (Lipinski definition) is 6. The quantitative estimate of drug-likeness (QED) is 0.425. The van der Waals surface area contributed by atoms with Gasteiger partial charge in [0.2, 0.25) is 0 Å². The van der Waals surface area contributed by atoms with E-state index in [0.717, 1.165) is 29.0 Å². The molecule has 0 spiro atoms. The maximum atomic E-state index is 14.6. The molecule has 3 aromatic rings. The van der Waals surface area contributed by atoms with Gasteiger partial charge in [0.15, 0.2) is 0 Å². The van der Waals surface area contributed by atoms with Crippen molar-refractivity contribution in [2.24, 2.45) is 0 Å². The number of nitrogens with zero attached hydrogens (tertiary/aromatic N) is 3. The second kappa shape index (κ2) is 10.5. The number of anilines is 1. The fourth-order valence-corrected chi connectivity index (χ4v) is 5.63. The molecule has 2 N–H and O–H groups in total. The molecule has 37 heavy (non-hydrogen) atoms. The van der Waals surface area contributed by atoms with Gasteiger partial charge in [-0.2, -0.15) is 4.37 Å². The van der Waals surface area contributed by atoms with Crippen LogP contribution in [0.3, 0.4) is 0 Å². The number of rotatable bonds is 8. The third kappa shape index (κ3) is 5.21. The lowest BCUT2D eigenvalue weighted by Gasteiger charge is -2.28. The van der Waals surface area contributed by atoms with Gasteiger partial charge in [-0.1, -0.05) is 18.2 Å². The van der Waals surface area contributed by atoms with Crippen LogP contribution in [0.2, 0.25) is 0 Å². The van der Waals surface area contributed by atoms with Crippen LogP contribution in [-0.4, -0.2) is 59.5 Å². The summed E-state index contributed by atoms with van der Waals surface area (Å²) >= 11 is 1.26. The molecular formula is C27H30FN5O3S. The highest BCUT2D eigenvalue weighted by Crippen LogP contribution is 2.43. The highest BCUT2D eigenvalue weighted by atomic mass is 32.1. The zero-order valence-electron chi connectivity index (χ0n) is 20.9. The third-order valence-corrected chi connectivity index (χ3v) is 8.09. The Morgan fingerprint density at radius 1 is 1.24 bits per heavy atom. The molecule has 0 bridgehead atoms. The van der Waals surface area contributed by atoms with Crippen molar-refractivity contribution in [1.29, 1.82) is 0 Å². The molecule has 1 aliphatic heterocycles. The smallest absolute Gasteiger partial charge is 0.321 e. The van der Waals surface area contributed by atoms with Gasteiger partial charge in [0.25, 0.3) is 5.91 Å². The Balaban J connectivity index is 1.40. The van der Waals surface area contributed by atoms with Crippen LogP contribution < -0.4 is 10.6 Å². The van der Waals surface area contributed by atoms with Gasteiger partial charge in [0.05, 0.1) is 23.3 Å². The summed E-state index contributed by atoms with van der Waals surface area (Å²) in [6.45, 7) is 3.28. The maximum absolute atomic E-state index is 14.6. The van der Waals surface area contributed by atoms with E-state index in [1.54, 1.807) is 37.1 Å². The molecule has 0 unspecified atom stereocenters. The Kier molecular flexibility index (Phi) is 7.21. The summed E-state index contributed by atoms with van der Waals surface area (Å²) in [6.07, 6.45) is 4.30. The zero-order valence-corrected chi connectivity index (χ0v) is 21.7. The lowest BCUT2D eigenvalue weighted by atomic mass is 9.80. The van der Waals surface area contributed by atoms with Crippen molar-refractivity contribution >= 4 is 29.2 Å². The van der Waals surface area contributed by atoms with E-state index in [9.17, 15) is 14.0 Å². The predicted molar refractivity (Wildman–Crippen MR) is 140 cm³/mol. The Bertz CT molecular complexity index is 1300. The number of aromatic nitrogens is 2. The monoisotopic (exact) mass is 523 g/mol. The molecule has 3 amide bonds. The average Bonchev–Trinajstić information content (AvgIpc) is 3.39.